The summed E-state index contributed by atoms with van der Waals surface area (Å²) in [5, 5.41) is 7.35. The molecule has 0 amide bonds. The van der Waals surface area contributed by atoms with Gasteiger partial charge in [0.25, 0.3) is 0 Å². The van der Waals surface area contributed by atoms with E-state index < -0.39 is 0 Å². The summed E-state index contributed by atoms with van der Waals surface area (Å²) < 4.78 is 8.13. The molecule has 19 heavy (non-hydrogen) atoms. The highest BCUT2D eigenvalue weighted by Gasteiger charge is 2.15. The molecule has 2 aromatic rings. The van der Waals surface area contributed by atoms with Gasteiger partial charge in [0.2, 0.25) is 5.95 Å². The second-order valence-electron chi connectivity index (χ2n) is 4.16. The van der Waals surface area contributed by atoms with Crippen LogP contribution in [0, 0.1) is 0 Å². The average Bonchev–Trinajstić information content (AvgIpc) is 2.71. The molecule has 0 saturated heterocycles. The van der Waals surface area contributed by atoms with Gasteiger partial charge in [-0.15, -0.1) is 5.10 Å². The molecule has 0 radical (unpaired) electrons. The maximum Gasteiger partial charge on any atom is 0.351 e. The molecule has 6 nitrogen and oxygen atoms in total. The molecule has 0 aliphatic rings. The van der Waals surface area contributed by atoms with Gasteiger partial charge in [-0.05, 0) is 18.6 Å². The van der Waals surface area contributed by atoms with Crippen LogP contribution in [-0.4, -0.2) is 28.0 Å². The van der Waals surface area contributed by atoms with Gasteiger partial charge in [-0.3, -0.25) is 0 Å². The lowest BCUT2D eigenvalue weighted by atomic mass is 10.3. The van der Waals surface area contributed by atoms with E-state index in [4.69, 9.17) is 4.74 Å². The molecule has 0 fully saturated rings. The Labute approximate surface area is 111 Å². The molecule has 0 bridgehead atoms. The Bertz CT molecular complexity index is 615. The van der Waals surface area contributed by atoms with E-state index in [2.05, 4.69) is 17.3 Å². The number of para-hydroxylation sites is 2. The number of nitrogens with one attached hydrogen (secondary N) is 1. The van der Waals surface area contributed by atoms with Gasteiger partial charge >= 0.3 is 5.69 Å². The summed E-state index contributed by atoms with van der Waals surface area (Å²) in [6.07, 6.45) is 0.955. The number of ether oxygens (including phenoxy) is 1. The Balaban J connectivity index is 2.57. The SMILES string of the molecule is CCCNc1nn(C)c(=O)n1-c1ccccc1OC. The first kappa shape index (κ1) is 13.2. The van der Waals surface area contributed by atoms with Gasteiger partial charge in [0.1, 0.15) is 5.75 Å². The van der Waals surface area contributed by atoms with Crippen molar-refractivity contribution in [2.75, 3.05) is 19.0 Å². The summed E-state index contributed by atoms with van der Waals surface area (Å²) in [5.74, 6) is 1.16. The first-order chi connectivity index (χ1) is 9.19. The van der Waals surface area contributed by atoms with Gasteiger partial charge in [-0.2, -0.15) is 0 Å². The number of hydrogen-bond donors (Lipinski definition) is 1. The fraction of sp³-hybridized carbons (Fsp3) is 0.385. The van der Waals surface area contributed by atoms with Crippen molar-refractivity contribution < 1.29 is 4.74 Å². The van der Waals surface area contributed by atoms with Gasteiger partial charge < -0.3 is 10.1 Å². The minimum Gasteiger partial charge on any atom is -0.495 e. The zero-order valence-electron chi connectivity index (χ0n) is 11.4. The van der Waals surface area contributed by atoms with Crippen molar-refractivity contribution in [2.24, 2.45) is 7.05 Å². The largest absolute Gasteiger partial charge is 0.495 e. The molecule has 102 valence electrons. The molecule has 2 rings (SSSR count). The highest BCUT2D eigenvalue weighted by Crippen LogP contribution is 2.22. The zero-order valence-corrected chi connectivity index (χ0v) is 11.4. The topological polar surface area (TPSA) is 61.1 Å². The summed E-state index contributed by atoms with van der Waals surface area (Å²) in [7, 11) is 3.21. The smallest absolute Gasteiger partial charge is 0.351 e. The monoisotopic (exact) mass is 262 g/mol. The lowest BCUT2D eigenvalue weighted by molar-refractivity contribution is 0.412. The summed E-state index contributed by atoms with van der Waals surface area (Å²) >= 11 is 0. The van der Waals surface area contributed by atoms with E-state index in [1.165, 1.54) is 9.25 Å². The number of benzene rings is 1. The molecule has 0 atom stereocenters. The maximum atomic E-state index is 12.2. The third kappa shape index (κ3) is 2.47. The fourth-order valence-corrected chi connectivity index (χ4v) is 1.85. The van der Waals surface area contributed by atoms with Crippen molar-refractivity contribution >= 4 is 5.95 Å². The van der Waals surface area contributed by atoms with Gasteiger partial charge in [0, 0.05) is 13.6 Å². The van der Waals surface area contributed by atoms with Crippen molar-refractivity contribution in [3.05, 3.63) is 34.7 Å². The van der Waals surface area contributed by atoms with E-state index in [-0.39, 0.29) is 5.69 Å². The number of hydrogen-bond acceptors (Lipinski definition) is 4. The number of aryl methyl sites for hydroxylation is 1. The molecule has 0 unspecified atom stereocenters. The molecule has 0 spiro atoms. The Morgan fingerprint density at radius 2 is 2.11 bits per heavy atom. The number of nitrogens with zero attached hydrogens (tertiary/aromatic N) is 3. The van der Waals surface area contributed by atoms with Gasteiger partial charge in [-0.25, -0.2) is 14.0 Å². The number of methoxy groups -OCH3 is 1. The Hall–Kier alpha value is -2.24. The van der Waals surface area contributed by atoms with E-state index >= 15 is 0 Å². The molecule has 1 aromatic carbocycles. The van der Waals surface area contributed by atoms with Crippen LogP contribution in [0.5, 0.6) is 5.75 Å². The van der Waals surface area contributed by atoms with Crippen molar-refractivity contribution in [1.29, 1.82) is 0 Å². The lowest BCUT2D eigenvalue weighted by Crippen LogP contribution is -2.22. The standard InChI is InChI=1S/C13H18N4O2/c1-4-9-14-12-15-16(2)13(18)17(12)10-7-5-6-8-11(10)19-3/h5-8H,4,9H2,1-3H3,(H,14,15). The van der Waals surface area contributed by atoms with Crippen LogP contribution in [0.2, 0.25) is 0 Å². The molecule has 6 heteroatoms. The first-order valence-electron chi connectivity index (χ1n) is 6.22. The Morgan fingerprint density at radius 1 is 1.37 bits per heavy atom. The lowest BCUT2D eigenvalue weighted by Gasteiger charge is -2.10. The van der Waals surface area contributed by atoms with Crippen molar-refractivity contribution in [1.82, 2.24) is 14.3 Å². The van der Waals surface area contributed by atoms with Crippen molar-refractivity contribution in [3.8, 4) is 11.4 Å². The number of rotatable bonds is 5. The van der Waals surface area contributed by atoms with Crippen LogP contribution < -0.4 is 15.7 Å². The van der Waals surface area contributed by atoms with Crippen molar-refractivity contribution in [2.45, 2.75) is 13.3 Å². The maximum absolute atomic E-state index is 12.2. The molecule has 1 heterocycles. The van der Waals surface area contributed by atoms with Crippen LogP contribution in [0.4, 0.5) is 5.95 Å². The fourth-order valence-electron chi connectivity index (χ4n) is 1.85. The van der Waals surface area contributed by atoms with E-state index in [0.717, 1.165) is 13.0 Å². The molecular weight excluding hydrogens is 244 g/mol. The molecule has 1 aromatic heterocycles. The van der Waals surface area contributed by atoms with Crippen LogP contribution in [0.15, 0.2) is 29.1 Å². The van der Waals surface area contributed by atoms with E-state index in [0.29, 0.717) is 17.4 Å². The van der Waals surface area contributed by atoms with E-state index in [9.17, 15) is 4.79 Å². The van der Waals surface area contributed by atoms with Crippen LogP contribution in [0.1, 0.15) is 13.3 Å². The van der Waals surface area contributed by atoms with Crippen LogP contribution in [0.3, 0.4) is 0 Å². The average molecular weight is 262 g/mol. The predicted octanol–water partition coefficient (Wildman–Crippen LogP) is 1.40. The third-order valence-corrected chi connectivity index (χ3v) is 2.78. The number of aromatic nitrogens is 3. The second kappa shape index (κ2) is 5.60. The summed E-state index contributed by atoms with van der Waals surface area (Å²) in [4.78, 5) is 12.2. The first-order valence-corrected chi connectivity index (χ1v) is 6.22. The third-order valence-electron chi connectivity index (χ3n) is 2.78. The Morgan fingerprint density at radius 3 is 2.79 bits per heavy atom. The molecule has 0 aliphatic heterocycles. The second-order valence-corrected chi connectivity index (χ2v) is 4.16. The highest BCUT2D eigenvalue weighted by molar-refractivity contribution is 5.50. The van der Waals surface area contributed by atoms with E-state index in [1.807, 2.05) is 24.3 Å². The van der Waals surface area contributed by atoms with Crippen molar-refractivity contribution in [3.63, 3.8) is 0 Å². The van der Waals surface area contributed by atoms with Gasteiger partial charge in [-0.1, -0.05) is 19.1 Å². The number of anilines is 1. The summed E-state index contributed by atoms with van der Waals surface area (Å²) in [6.45, 7) is 2.81. The molecule has 0 saturated carbocycles. The van der Waals surface area contributed by atoms with Gasteiger partial charge in [0.05, 0.1) is 12.8 Å². The normalized spacial score (nSPS) is 10.5. The van der Waals surface area contributed by atoms with E-state index in [1.54, 1.807) is 14.2 Å². The Kier molecular flexibility index (Phi) is 3.89. The minimum atomic E-state index is -0.205. The van der Waals surface area contributed by atoms with Crippen LogP contribution in [-0.2, 0) is 7.05 Å². The van der Waals surface area contributed by atoms with Crippen LogP contribution in [0.25, 0.3) is 5.69 Å². The highest BCUT2D eigenvalue weighted by atomic mass is 16.5. The predicted molar refractivity (Wildman–Crippen MR) is 74.1 cm³/mol. The van der Waals surface area contributed by atoms with Crippen LogP contribution >= 0.6 is 0 Å². The quantitative estimate of drug-likeness (QED) is 0.885. The zero-order chi connectivity index (χ0) is 13.8. The summed E-state index contributed by atoms with van der Waals surface area (Å²) in [6, 6.07) is 7.38. The van der Waals surface area contributed by atoms with Gasteiger partial charge in [0.15, 0.2) is 0 Å². The summed E-state index contributed by atoms with van der Waals surface area (Å²) in [5.41, 5.74) is 0.477. The minimum absolute atomic E-state index is 0.205. The molecule has 0 aliphatic carbocycles. The molecule has 1 N–H and O–H groups in total. The molecular formula is C13H18N4O2.